The van der Waals surface area contributed by atoms with Gasteiger partial charge in [0.1, 0.15) is 5.82 Å². The number of ether oxygens (including phenoxy) is 1. The van der Waals surface area contributed by atoms with Crippen LogP contribution in [0, 0.1) is 18.3 Å². The van der Waals surface area contributed by atoms with Crippen LogP contribution in [0.15, 0.2) is 6.07 Å². The van der Waals surface area contributed by atoms with E-state index in [4.69, 9.17) is 0 Å². The first kappa shape index (κ1) is 13.8. The molecule has 2 rings (SSSR count). The molecule has 5 heteroatoms. The maximum Gasteiger partial charge on any atom is 0.376 e. The minimum atomic E-state index is -0.503. The second-order valence-corrected chi connectivity index (χ2v) is 5.58. The van der Waals surface area contributed by atoms with Crippen LogP contribution < -0.4 is 5.32 Å². The molecule has 1 aliphatic carbocycles. The molecule has 0 amide bonds. The number of rotatable bonds is 5. The summed E-state index contributed by atoms with van der Waals surface area (Å²) in [5.74, 6) is 0.957. The van der Waals surface area contributed by atoms with Gasteiger partial charge in [-0.25, -0.2) is 14.8 Å². The summed E-state index contributed by atoms with van der Waals surface area (Å²) < 4.78 is 4.65. The fourth-order valence-electron chi connectivity index (χ4n) is 2.23. The summed E-state index contributed by atoms with van der Waals surface area (Å²) in [6.07, 6.45) is 2.51. The molecule has 1 aromatic heterocycles. The van der Waals surface area contributed by atoms with Crippen molar-refractivity contribution >= 4 is 11.8 Å². The Hall–Kier alpha value is -1.65. The monoisotopic (exact) mass is 263 g/mol. The topological polar surface area (TPSA) is 64.1 Å². The standard InChI is InChI=1S/C14H21N3O2/c1-9(2)14(5-6-14)8-15-11-7-10(3)16-12(17-11)13(18)19-4/h7,9H,5-6,8H2,1-4H3,(H,15,16,17). The third-order valence-electron chi connectivity index (χ3n) is 3.96. The van der Waals surface area contributed by atoms with Gasteiger partial charge in [0.2, 0.25) is 5.82 Å². The van der Waals surface area contributed by atoms with Crippen LogP contribution in [-0.2, 0) is 4.74 Å². The maximum absolute atomic E-state index is 11.5. The molecule has 0 spiro atoms. The summed E-state index contributed by atoms with van der Waals surface area (Å²) in [5, 5.41) is 3.33. The number of carbonyl (C=O) groups is 1. The number of hydrogen-bond donors (Lipinski definition) is 1. The van der Waals surface area contributed by atoms with Gasteiger partial charge < -0.3 is 10.1 Å². The van der Waals surface area contributed by atoms with E-state index in [0.29, 0.717) is 17.2 Å². The van der Waals surface area contributed by atoms with E-state index >= 15 is 0 Å². The average Bonchev–Trinajstić information content (AvgIpc) is 3.16. The van der Waals surface area contributed by atoms with Gasteiger partial charge in [-0.3, -0.25) is 0 Å². The Morgan fingerprint density at radius 1 is 1.47 bits per heavy atom. The van der Waals surface area contributed by atoms with Gasteiger partial charge in [-0.2, -0.15) is 0 Å². The molecule has 0 radical (unpaired) electrons. The van der Waals surface area contributed by atoms with E-state index in [1.807, 2.05) is 13.0 Å². The summed E-state index contributed by atoms with van der Waals surface area (Å²) in [6, 6.07) is 1.85. The molecule has 19 heavy (non-hydrogen) atoms. The first-order chi connectivity index (χ1) is 8.97. The Morgan fingerprint density at radius 2 is 2.16 bits per heavy atom. The van der Waals surface area contributed by atoms with E-state index in [0.717, 1.165) is 12.2 Å². The number of carbonyl (C=O) groups excluding carboxylic acids is 1. The Bertz CT molecular complexity index is 482. The zero-order chi connectivity index (χ0) is 14.0. The van der Waals surface area contributed by atoms with Crippen LogP contribution in [0.25, 0.3) is 0 Å². The molecule has 1 heterocycles. The number of hydrogen-bond acceptors (Lipinski definition) is 5. The van der Waals surface area contributed by atoms with Crippen molar-refractivity contribution in [2.45, 2.75) is 33.6 Å². The molecule has 104 valence electrons. The number of methoxy groups -OCH3 is 1. The normalized spacial score (nSPS) is 16.3. The van der Waals surface area contributed by atoms with E-state index in [9.17, 15) is 4.79 Å². The van der Waals surface area contributed by atoms with E-state index in [-0.39, 0.29) is 5.82 Å². The number of esters is 1. The van der Waals surface area contributed by atoms with E-state index < -0.39 is 5.97 Å². The molecule has 5 nitrogen and oxygen atoms in total. The van der Waals surface area contributed by atoms with Gasteiger partial charge in [0.15, 0.2) is 0 Å². The lowest BCUT2D eigenvalue weighted by atomic mass is 9.92. The van der Waals surface area contributed by atoms with Crippen LogP contribution in [0.2, 0.25) is 0 Å². The summed E-state index contributed by atoms with van der Waals surface area (Å²) in [6.45, 7) is 7.23. The second kappa shape index (κ2) is 5.15. The van der Waals surface area contributed by atoms with Gasteiger partial charge in [0.25, 0.3) is 0 Å². The lowest BCUT2D eigenvalue weighted by Crippen LogP contribution is -2.22. The van der Waals surface area contributed by atoms with Gasteiger partial charge >= 0.3 is 5.97 Å². The lowest BCUT2D eigenvalue weighted by molar-refractivity contribution is 0.0586. The van der Waals surface area contributed by atoms with Crippen molar-refractivity contribution in [1.82, 2.24) is 9.97 Å². The molecule has 0 aromatic carbocycles. The lowest BCUT2D eigenvalue weighted by Gasteiger charge is -2.20. The molecule has 1 aliphatic rings. The summed E-state index contributed by atoms with van der Waals surface area (Å²) in [5.41, 5.74) is 1.15. The van der Waals surface area contributed by atoms with Crippen LogP contribution >= 0.6 is 0 Å². The predicted octanol–water partition coefficient (Wildman–Crippen LogP) is 2.42. The molecule has 0 aliphatic heterocycles. The first-order valence-corrected chi connectivity index (χ1v) is 6.65. The number of anilines is 1. The van der Waals surface area contributed by atoms with Gasteiger partial charge in [0, 0.05) is 18.3 Å². The highest BCUT2D eigenvalue weighted by Gasteiger charge is 2.44. The van der Waals surface area contributed by atoms with Gasteiger partial charge in [-0.05, 0) is 31.1 Å². The third kappa shape index (κ3) is 3.03. The zero-order valence-corrected chi connectivity index (χ0v) is 12.0. The molecule has 0 bridgehead atoms. The molecular weight excluding hydrogens is 242 g/mol. The van der Waals surface area contributed by atoms with Crippen molar-refractivity contribution in [2.24, 2.45) is 11.3 Å². The first-order valence-electron chi connectivity index (χ1n) is 6.65. The summed E-state index contributed by atoms with van der Waals surface area (Å²) in [7, 11) is 1.33. The Morgan fingerprint density at radius 3 is 2.68 bits per heavy atom. The smallest absolute Gasteiger partial charge is 0.376 e. The van der Waals surface area contributed by atoms with Gasteiger partial charge in [-0.1, -0.05) is 13.8 Å². The molecule has 1 saturated carbocycles. The number of nitrogens with one attached hydrogen (secondary N) is 1. The largest absolute Gasteiger partial charge is 0.463 e. The molecule has 1 N–H and O–H groups in total. The highest BCUT2D eigenvalue weighted by Crippen LogP contribution is 2.51. The molecule has 1 aromatic rings. The van der Waals surface area contributed by atoms with E-state index in [2.05, 4.69) is 33.9 Å². The summed E-state index contributed by atoms with van der Waals surface area (Å²) >= 11 is 0. The van der Waals surface area contributed by atoms with Crippen molar-refractivity contribution in [3.05, 3.63) is 17.6 Å². The third-order valence-corrected chi connectivity index (χ3v) is 3.96. The maximum atomic E-state index is 11.5. The highest BCUT2D eigenvalue weighted by molar-refractivity contribution is 5.85. The molecule has 0 unspecified atom stereocenters. The number of nitrogens with zero attached hydrogens (tertiary/aromatic N) is 2. The fourth-order valence-corrected chi connectivity index (χ4v) is 2.23. The number of aryl methyl sites for hydroxylation is 1. The van der Waals surface area contributed by atoms with E-state index in [1.54, 1.807) is 0 Å². The zero-order valence-electron chi connectivity index (χ0n) is 12.0. The Kier molecular flexibility index (Phi) is 3.73. The molecule has 0 atom stereocenters. The Labute approximate surface area is 113 Å². The van der Waals surface area contributed by atoms with Crippen LogP contribution in [0.5, 0.6) is 0 Å². The Balaban J connectivity index is 2.08. The van der Waals surface area contributed by atoms with Crippen molar-refractivity contribution in [1.29, 1.82) is 0 Å². The highest BCUT2D eigenvalue weighted by atomic mass is 16.5. The SMILES string of the molecule is COC(=O)c1nc(C)cc(NCC2(C(C)C)CC2)n1. The minimum absolute atomic E-state index is 0.111. The van der Waals surface area contributed by atoms with Crippen molar-refractivity contribution in [3.8, 4) is 0 Å². The van der Waals surface area contributed by atoms with Crippen molar-refractivity contribution < 1.29 is 9.53 Å². The van der Waals surface area contributed by atoms with E-state index in [1.165, 1.54) is 20.0 Å². The quantitative estimate of drug-likeness (QED) is 0.826. The van der Waals surface area contributed by atoms with Crippen LogP contribution in [0.3, 0.4) is 0 Å². The molecule has 0 saturated heterocycles. The van der Waals surface area contributed by atoms with Gasteiger partial charge in [0.05, 0.1) is 7.11 Å². The molecular formula is C14H21N3O2. The average molecular weight is 263 g/mol. The minimum Gasteiger partial charge on any atom is -0.463 e. The van der Waals surface area contributed by atoms with Crippen molar-refractivity contribution in [2.75, 3.05) is 19.0 Å². The summed E-state index contributed by atoms with van der Waals surface area (Å²) in [4.78, 5) is 19.7. The van der Waals surface area contributed by atoms with Crippen molar-refractivity contribution in [3.63, 3.8) is 0 Å². The second-order valence-electron chi connectivity index (χ2n) is 5.58. The van der Waals surface area contributed by atoms with Crippen LogP contribution in [0.4, 0.5) is 5.82 Å². The van der Waals surface area contributed by atoms with Crippen LogP contribution in [-0.4, -0.2) is 29.6 Å². The fraction of sp³-hybridized carbons (Fsp3) is 0.643. The van der Waals surface area contributed by atoms with Gasteiger partial charge in [-0.15, -0.1) is 0 Å². The molecule has 1 fully saturated rings. The predicted molar refractivity (Wildman–Crippen MR) is 73.1 cm³/mol. The number of aromatic nitrogens is 2. The van der Waals surface area contributed by atoms with Crippen LogP contribution in [0.1, 0.15) is 43.0 Å².